The molecule has 0 aliphatic carbocycles. The van der Waals surface area contributed by atoms with Crippen LogP contribution in [-0.2, 0) is 13.1 Å². The molecule has 0 aliphatic rings. The Balaban J connectivity index is 1.50. The first-order valence-electron chi connectivity index (χ1n) is 12.4. The number of para-hydroxylation sites is 1. The van der Waals surface area contributed by atoms with Gasteiger partial charge in [-0.3, -0.25) is 9.20 Å². The summed E-state index contributed by atoms with van der Waals surface area (Å²) in [5.74, 6) is 0.714. The van der Waals surface area contributed by atoms with Crippen molar-refractivity contribution in [3.63, 3.8) is 0 Å². The van der Waals surface area contributed by atoms with Crippen LogP contribution in [0.2, 0.25) is 0 Å². The summed E-state index contributed by atoms with van der Waals surface area (Å²) in [5, 5.41) is 6.65. The van der Waals surface area contributed by atoms with Gasteiger partial charge in [-0.25, -0.2) is 4.98 Å². The quantitative estimate of drug-likeness (QED) is 0.259. The molecule has 0 aliphatic heterocycles. The molecular weight excluding hydrogens is 458 g/mol. The van der Waals surface area contributed by atoms with Gasteiger partial charge in [0.15, 0.2) is 0 Å². The number of pyridine rings is 1. The molecule has 1 amide bonds. The number of hydrogen-bond donors (Lipinski definition) is 3. The lowest BCUT2D eigenvalue weighted by Crippen LogP contribution is -2.23. The summed E-state index contributed by atoms with van der Waals surface area (Å²) in [6.45, 7) is 7.16. The number of aromatic nitrogens is 2. The third-order valence-electron chi connectivity index (χ3n) is 6.62. The minimum absolute atomic E-state index is 0.148. The number of nitrogens with zero attached hydrogens (tertiary/aromatic N) is 2. The third-order valence-corrected chi connectivity index (χ3v) is 6.62. The highest BCUT2D eigenvalue weighted by Crippen LogP contribution is 2.33. The lowest BCUT2D eigenvalue weighted by Gasteiger charge is -2.14. The fraction of sp³-hybridized carbons (Fsp3) is 0.161. The number of aryl methyl sites for hydroxylation is 3. The third kappa shape index (κ3) is 5.10. The molecule has 3 aromatic carbocycles. The van der Waals surface area contributed by atoms with Gasteiger partial charge in [0.2, 0.25) is 0 Å². The van der Waals surface area contributed by atoms with Gasteiger partial charge in [0, 0.05) is 36.1 Å². The first-order chi connectivity index (χ1) is 17.9. The lowest BCUT2D eigenvalue weighted by molar-refractivity contribution is 0.0951. The minimum Gasteiger partial charge on any atom is -0.348 e. The van der Waals surface area contributed by atoms with Crippen LogP contribution in [-0.4, -0.2) is 15.3 Å². The van der Waals surface area contributed by atoms with Crippen LogP contribution in [0.1, 0.15) is 38.2 Å². The average molecular weight is 490 g/mol. The molecule has 0 saturated carbocycles. The van der Waals surface area contributed by atoms with E-state index in [9.17, 15) is 4.79 Å². The van der Waals surface area contributed by atoms with Gasteiger partial charge in [-0.15, -0.1) is 0 Å². The van der Waals surface area contributed by atoms with E-state index in [0.717, 1.165) is 45.0 Å². The molecule has 0 saturated heterocycles. The predicted octanol–water partition coefficient (Wildman–Crippen LogP) is 6.06. The molecule has 0 fully saturated rings. The van der Waals surface area contributed by atoms with Crippen LogP contribution in [0.15, 0.2) is 85.1 Å². The Kier molecular flexibility index (Phi) is 6.75. The second-order valence-electron chi connectivity index (χ2n) is 9.42. The van der Waals surface area contributed by atoms with E-state index in [1.165, 1.54) is 5.56 Å². The van der Waals surface area contributed by atoms with Crippen LogP contribution in [0.4, 0.5) is 11.5 Å². The highest BCUT2D eigenvalue weighted by molar-refractivity contribution is 5.95. The fourth-order valence-electron chi connectivity index (χ4n) is 4.50. The van der Waals surface area contributed by atoms with Crippen molar-refractivity contribution < 1.29 is 4.79 Å². The molecule has 0 unspecified atom stereocenters. The van der Waals surface area contributed by atoms with Crippen molar-refractivity contribution in [3.05, 3.63) is 118 Å². The topological polar surface area (TPSA) is 84.5 Å². The van der Waals surface area contributed by atoms with E-state index < -0.39 is 0 Å². The van der Waals surface area contributed by atoms with Gasteiger partial charge in [-0.1, -0.05) is 72.3 Å². The first kappa shape index (κ1) is 24.3. The maximum absolute atomic E-state index is 13.0. The number of nitrogens with two attached hydrogens (primary N) is 1. The van der Waals surface area contributed by atoms with E-state index >= 15 is 0 Å². The Morgan fingerprint density at radius 3 is 2.32 bits per heavy atom. The largest absolute Gasteiger partial charge is 0.348 e. The van der Waals surface area contributed by atoms with Crippen molar-refractivity contribution in [2.24, 2.45) is 5.73 Å². The summed E-state index contributed by atoms with van der Waals surface area (Å²) in [5.41, 5.74) is 15.4. The van der Waals surface area contributed by atoms with E-state index in [2.05, 4.69) is 73.9 Å². The van der Waals surface area contributed by atoms with Crippen LogP contribution in [0, 0.1) is 20.8 Å². The Morgan fingerprint density at radius 2 is 1.59 bits per heavy atom. The molecule has 5 rings (SSSR count). The van der Waals surface area contributed by atoms with E-state index in [1.807, 2.05) is 47.0 Å². The van der Waals surface area contributed by atoms with Crippen LogP contribution in [0.5, 0.6) is 0 Å². The molecule has 186 valence electrons. The van der Waals surface area contributed by atoms with E-state index in [4.69, 9.17) is 10.7 Å². The Labute approximate surface area is 217 Å². The van der Waals surface area contributed by atoms with Crippen molar-refractivity contribution in [2.45, 2.75) is 33.9 Å². The number of fused-ring (bicyclic) bond motifs is 1. The maximum atomic E-state index is 13.0. The maximum Gasteiger partial charge on any atom is 0.251 e. The number of benzene rings is 3. The Hall–Kier alpha value is -4.42. The number of hydrogen-bond acceptors (Lipinski definition) is 4. The number of nitrogens with one attached hydrogen (secondary N) is 2. The van der Waals surface area contributed by atoms with Gasteiger partial charge >= 0.3 is 0 Å². The highest BCUT2D eigenvalue weighted by Gasteiger charge is 2.18. The molecule has 4 N–H and O–H groups in total. The second-order valence-corrected chi connectivity index (χ2v) is 9.42. The van der Waals surface area contributed by atoms with Crippen LogP contribution in [0.25, 0.3) is 16.9 Å². The van der Waals surface area contributed by atoms with Gasteiger partial charge in [0.1, 0.15) is 17.2 Å². The first-order valence-corrected chi connectivity index (χ1v) is 12.4. The zero-order chi connectivity index (χ0) is 25.9. The molecule has 37 heavy (non-hydrogen) atoms. The Morgan fingerprint density at radius 1 is 0.892 bits per heavy atom. The van der Waals surface area contributed by atoms with E-state index in [-0.39, 0.29) is 5.91 Å². The zero-order valence-electron chi connectivity index (χ0n) is 21.4. The summed E-state index contributed by atoms with van der Waals surface area (Å²) < 4.78 is 2.00. The SMILES string of the molecule is Cc1ccc(-c2nc3cc(C(=O)NCc4cccc(CN)c4)ccn3c2Nc2c(C)cccc2C)cc1. The monoisotopic (exact) mass is 489 g/mol. The van der Waals surface area contributed by atoms with E-state index in [0.29, 0.717) is 24.3 Å². The van der Waals surface area contributed by atoms with Gasteiger partial charge in [0.05, 0.1) is 0 Å². The smallest absolute Gasteiger partial charge is 0.251 e. The van der Waals surface area contributed by atoms with Gasteiger partial charge in [-0.05, 0) is 55.2 Å². The van der Waals surface area contributed by atoms with Crippen LogP contribution >= 0.6 is 0 Å². The summed E-state index contributed by atoms with van der Waals surface area (Å²) >= 11 is 0. The van der Waals surface area contributed by atoms with Crippen molar-refractivity contribution >= 4 is 23.1 Å². The fourth-order valence-corrected chi connectivity index (χ4v) is 4.50. The number of amides is 1. The molecule has 0 spiro atoms. The van der Waals surface area contributed by atoms with Crippen molar-refractivity contribution in [3.8, 4) is 11.3 Å². The summed E-state index contributed by atoms with van der Waals surface area (Å²) in [6.07, 6.45) is 1.90. The molecule has 2 heterocycles. The zero-order valence-corrected chi connectivity index (χ0v) is 21.4. The summed E-state index contributed by atoms with van der Waals surface area (Å²) in [7, 11) is 0. The van der Waals surface area contributed by atoms with Gasteiger partial charge in [-0.2, -0.15) is 0 Å². The average Bonchev–Trinajstić information content (AvgIpc) is 3.27. The molecular formula is C31H31N5O. The van der Waals surface area contributed by atoms with E-state index in [1.54, 1.807) is 0 Å². The number of imidazole rings is 1. The minimum atomic E-state index is -0.148. The van der Waals surface area contributed by atoms with Gasteiger partial charge in [0.25, 0.3) is 5.91 Å². The predicted molar refractivity (Wildman–Crippen MR) is 150 cm³/mol. The summed E-state index contributed by atoms with van der Waals surface area (Å²) in [6, 6.07) is 26.2. The normalized spacial score (nSPS) is 11.0. The molecule has 6 heteroatoms. The van der Waals surface area contributed by atoms with Gasteiger partial charge < -0.3 is 16.4 Å². The Bertz CT molecular complexity index is 1560. The standard InChI is InChI=1S/C31H31N5O/c1-20-10-12-25(13-11-20)29-30(35-28-21(2)6-4-7-22(28)3)36-15-14-26(17-27(36)34-29)31(37)33-19-24-9-5-8-23(16-24)18-32/h4-17,35H,18-19,32H2,1-3H3,(H,33,37). The molecule has 2 aromatic heterocycles. The molecule has 6 nitrogen and oxygen atoms in total. The molecule has 0 radical (unpaired) electrons. The van der Waals surface area contributed by atoms with Crippen molar-refractivity contribution in [1.29, 1.82) is 0 Å². The van der Waals surface area contributed by atoms with Crippen molar-refractivity contribution in [1.82, 2.24) is 14.7 Å². The summed E-state index contributed by atoms with van der Waals surface area (Å²) in [4.78, 5) is 18.0. The molecule has 0 bridgehead atoms. The van der Waals surface area contributed by atoms with Crippen LogP contribution < -0.4 is 16.4 Å². The highest BCUT2D eigenvalue weighted by atomic mass is 16.1. The molecule has 0 atom stereocenters. The number of anilines is 2. The number of carbonyl (C=O) groups is 1. The number of rotatable bonds is 7. The molecule has 5 aromatic rings. The lowest BCUT2D eigenvalue weighted by atomic mass is 10.1. The second kappa shape index (κ2) is 10.3. The number of carbonyl (C=O) groups excluding carboxylic acids is 1. The van der Waals surface area contributed by atoms with Crippen LogP contribution in [0.3, 0.4) is 0 Å². The van der Waals surface area contributed by atoms with Crippen molar-refractivity contribution in [2.75, 3.05) is 5.32 Å².